The van der Waals surface area contributed by atoms with Gasteiger partial charge in [0.2, 0.25) is 0 Å². The third kappa shape index (κ3) is 3.31. The lowest BCUT2D eigenvalue weighted by Crippen LogP contribution is -2.17. The molecule has 0 saturated heterocycles. The number of ether oxygens (including phenoxy) is 1. The summed E-state index contributed by atoms with van der Waals surface area (Å²) in [6, 6.07) is 16.5. The quantitative estimate of drug-likeness (QED) is 0.905. The van der Waals surface area contributed by atoms with E-state index in [2.05, 4.69) is 42.3 Å². The molecule has 0 radical (unpaired) electrons. The average Bonchev–Trinajstić information content (AvgIpc) is 2.48. The van der Waals surface area contributed by atoms with Crippen LogP contribution in [0.15, 0.2) is 48.5 Å². The fraction of sp³-hybridized carbons (Fsp3) is 0.294. The Balaban J connectivity index is 2.13. The zero-order valence-corrected chi connectivity index (χ0v) is 12.3. The number of hydrogen-bond acceptors (Lipinski definition) is 3. The van der Waals surface area contributed by atoms with Crippen LogP contribution in [0.5, 0.6) is 5.75 Å². The maximum atomic E-state index is 5.87. The van der Waals surface area contributed by atoms with Crippen molar-refractivity contribution in [3.63, 3.8) is 0 Å². The molecule has 0 fully saturated rings. The Morgan fingerprint density at radius 3 is 2.35 bits per heavy atom. The van der Waals surface area contributed by atoms with Crippen molar-refractivity contribution < 1.29 is 4.74 Å². The van der Waals surface area contributed by atoms with Crippen LogP contribution in [0, 0.1) is 0 Å². The van der Waals surface area contributed by atoms with Crippen molar-refractivity contribution in [2.75, 3.05) is 19.1 Å². The summed E-state index contributed by atoms with van der Waals surface area (Å²) in [5, 5.41) is 0. The summed E-state index contributed by atoms with van der Waals surface area (Å²) in [4.78, 5) is 2.20. The summed E-state index contributed by atoms with van der Waals surface area (Å²) >= 11 is 0. The summed E-state index contributed by atoms with van der Waals surface area (Å²) in [5.74, 6) is 0.923. The molecule has 2 aromatic rings. The number of benzene rings is 2. The van der Waals surface area contributed by atoms with Crippen LogP contribution in [-0.2, 0) is 6.54 Å². The minimum Gasteiger partial charge on any atom is -0.496 e. The number of rotatable bonds is 5. The second-order valence-corrected chi connectivity index (χ2v) is 5.05. The van der Waals surface area contributed by atoms with Crippen molar-refractivity contribution in [1.29, 1.82) is 0 Å². The van der Waals surface area contributed by atoms with E-state index in [1.54, 1.807) is 7.11 Å². The van der Waals surface area contributed by atoms with Crippen molar-refractivity contribution in [3.05, 3.63) is 59.7 Å². The van der Waals surface area contributed by atoms with Crippen LogP contribution in [0.1, 0.15) is 24.1 Å². The van der Waals surface area contributed by atoms with E-state index in [0.29, 0.717) is 0 Å². The number of nitrogens with two attached hydrogens (primary N) is 1. The van der Waals surface area contributed by atoms with Gasteiger partial charge in [-0.15, -0.1) is 0 Å². The van der Waals surface area contributed by atoms with E-state index in [1.165, 1.54) is 11.3 Å². The third-order valence-corrected chi connectivity index (χ3v) is 3.46. The highest BCUT2D eigenvalue weighted by molar-refractivity contribution is 5.49. The molecule has 0 aliphatic heterocycles. The molecule has 0 saturated carbocycles. The first kappa shape index (κ1) is 14.4. The van der Waals surface area contributed by atoms with E-state index in [9.17, 15) is 0 Å². The van der Waals surface area contributed by atoms with Crippen molar-refractivity contribution >= 4 is 5.69 Å². The van der Waals surface area contributed by atoms with Gasteiger partial charge < -0.3 is 15.4 Å². The number of anilines is 1. The molecule has 3 heteroatoms. The van der Waals surface area contributed by atoms with E-state index >= 15 is 0 Å². The number of methoxy groups -OCH3 is 1. The maximum Gasteiger partial charge on any atom is 0.123 e. The van der Waals surface area contributed by atoms with Gasteiger partial charge in [0.25, 0.3) is 0 Å². The number of para-hydroxylation sites is 1. The van der Waals surface area contributed by atoms with Gasteiger partial charge in [-0.25, -0.2) is 0 Å². The van der Waals surface area contributed by atoms with Crippen LogP contribution in [0.4, 0.5) is 5.69 Å². The first-order valence-electron chi connectivity index (χ1n) is 6.80. The van der Waals surface area contributed by atoms with Crippen molar-refractivity contribution in [2.45, 2.75) is 19.5 Å². The lowest BCUT2D eigenvalue weighted by molar-refractivity contribution is 0.409. The predicted octanol–water partition coefficient (Wildman–Crippen LogP) is 3.35. The van der Waals surface area contributed by atoms with Crippen LogP contribution >= 0.6 is 0 Å². The monoisotopic (exact) mass is 270 g/mol. The molecule has 106 valence electrons. The van der Waals surface area contributed by atoms with Gasteiger partial charge in [0.15, 0.2) is 0 Å². The van der Waals surface area contributed by atoms with Crippen LogP contribution in [0.3, 0.4) is 0 Å². The molecule has 0 aliphatic carbocycles. The molecule has 0 aromatic heterocycles. The third-order valence-electron chi connectivity index (χ3n) is 3.46. The fourth-order valence-electron chi connectivity index (χ4n) is 2.21. The zero-order chi connectivity index (χ0) is 14.5. The van der Waals surface area contributed by atoms with Crippen molar-refractivity contribution in [2.24, 2.45) is 5.73 Å². The van der Waals surface area contributed by atoms with Crippen molar-refractivity contribution in [1.82, 2.24) is 0 Å². The lowest BCUT2D eigenvalue weighted by Gasteiger charge is -2.21. The topological polar surface area (TPSA) is 38.5 Å². The van der Waals surface area contributed by atoms with Crippen LogP contribution in [-0.4, -0.2) is 14.2 Å². The van der Waals surface area contributed by atoms with Crippen LogP contribution in [0.25, 0.3) is 0 Å². The lowest BCUT2D eigenvalue weighted by atomic mass is 10.1. The normalized spacial score (nSPS) is 12.0. The number of hydrogen-bond donors (Lipinski definition) is 1. The minimum absolute atomic E-state index is 0.0728. The standard InChI is InChI=1S/C17H22N2O/c1-13(18)14-8-10-16(11-9-14)19(2)12-15-6-4-5-7-17(15)20-3/h4-11,13H,12,18H2,1-3H3/t13-/m1/s1. The van der Waals surface area contributed by atoms with E-state index in [0.717, 1.165) is 17.9 Å². The fourth-order valence-corrected chi connectivity index (χ4v) is 2.21. The molecule has 0 amide bonds. The molecular weight excluding hydrogens is 248 g/mol. The molecule has 20 heavy (non-hydrogen) atoms. The molecule has 3 nitrogen and oxygen atoms in total. The van der Waals surface area contributed by atoms with Gasteiger partial charge in [0.1, 0.15) is 5.75 Å². The summed E-state index contributed by atoms with van der Waals surface area (Å²) in [6.07, 6.45) is 0. The Hall–Kier alpha value is -2.00. The molecule has 1 atom stereocenters. The van der Waals surface area contributed by atoms with Gasteiger partial charge in [-0.05, 0) is 30.7 Å². The minimum atomic E-state index is 0.0728. The Bertz CT molecular complexity index is 549. The van der Waals surface area contributed by atoms with Crippen LogP contribution < -0.4 is 15.4 Å². The molecule has 0 heterocycles. The van der Waals surface area contributed by atoms with E-state index in [1.807, 2.05) is 25.1 Å². The summed E-state index contributed by atoms with van der Waals surface area (Å²) in [5.41, 5.74) is 9.37. The summed E-state index contributed by atoms with van der Waals surface area (Å²) in [6.45, 7) is 2.80. The number of nitrogens with zero attached hydrogens (tertiary/aromatic N) is 1. The highest BCUT2D eigenvalue weighted by atomic mass is 16.5. The Kier molecular flexibility index (Phi) is 4.64. The van der Waals surface area contributed by atoms with Gasteiger partial charge in [0.05, 0.1) is 7.11 Å². The van der Waals surface area contributed by atoms with E-state index < -0.39 is 0 Å². The summed E-state index contributed by atoms with van der Waals surface area (Å²) in [7, 11) is 3.78. The second-order valence-electron chi connectivity index (χ2n) is 5.05. The van der Waals surface area contributed by atoms with Crippen LogP contribution in [0.2, 0.25) is 0 Å². The van der Waals surface area contributed by atoms with E-state index in [4.69, 9.17) is 10.5 Å². The average molecular weight is 270 g/mol. The zero-order valence-electron chi connectivity index (χ0n) is 12.3. The van der Waals surface area contributed by atoms with Gasteiger partial charge >= 0.3 is 0 Å². The van der Waals surface area contributed by atoms with Gasteiger partial charge in [-0.2, -0.15) is 0 Å². The summed E-state index contributed by atoms with van der Waals surface area (Å²) < 4.78 is 5.39. The molecule has 2 N–H and O–H groups in total. The van der Waals surface area contributed by atoms with Gasteiger partial charge in [-0.1, -0.05) is 30.3 Å². The smallest absolute Gasteiger partial charge is 0.123 e. The first-order chi connectivity index (χ1) is 9.61. The molecule has 0 bridgehead atoms. The highest BCUT2D eigenvalue weighted by Gasteiger charge is 2.07. The Labute approximate surface area is 121 Å². The molecular formula is C17H22N2O. The maximum absolute atomic E-state index is 5.87. The molecule has 0 unspecified atom stereocenters. The first-order valence-corrected chi connectivity index (χ1v) is 6.80. The SMILES string of the molecule is COc1ccccc1CN(C)c1ccc([C@@H](C)N)cc1. The van der Waals surface area contributed by atoms with Crippen molar-refractivity contribution in [3.8, 4) is 5.75 Å². The highest BCUT2D eigenvalue weighted by Crippen LogP contribution is 2.23. The van der Waals surface area contributed by atoms with Gasteiger partial charge in [-0.3, -0.25) is 0 Å². The Morgan fingerprint density at radius 2 is 1.75 bits per heavy atom. The van der Waals surface area contributed by atoms with E-state index in [-0.39, 0.29) is 6.04 Å². The molecule has 2 aromatic carbocycles. The molecule has 0 aliphatic rings. The predicted molar refractivity (Wildman–Crippen MR) is 84.1 cm³/mol. The molecule has 0 spiro atoms. The largest absolute Gasteiger partial charge is 0.496 e. The second kappa shape index (κ2) is 6.44. The Morgan fingerprint density at radius 1 is 1.10 bits per heavy atom. The van der Waals surface area contributed by atoms with Gasteiger partial charge in [0, 0.05) is 30.9 Å². The molecule has 2 rings (SSSR count).